The molecule has 3 rings (SSSR count). The number of carbonyl (C=O) groups excluding carboxylic acids is 1. The molecule has 0 atom stereocenters. The van der Waals surface area contributed by atoms with Crippen LogP contribution in [0.25, 0.3) is 0 Å². The van der Waals surface area contributed by atoms with Gasteiger partial charge in [0.2, 0.25) is 5.78 Å². The van der Waals surface area contributed by atoms with Gasteiger partial charge in [-0.05, 0) is 24.3 Å². The van der Waals surface area contributed by atoms with Crippen molar-refractivity contribution in [3.8, 4) is 0 Å². The fraction of sp³-hybridized carbons (Fsp3) is 0. The van der Waals surface area contributed by atoms with Crippen LogP contribution in [0, 0.1) is 0 Å². The minimum Gasteiger partial charge on any atom is -0.287 e. The normalized spacial score (nSPS) is 15.3. The van der Waals surface area contributed by atoms with Gasteiger partial charge >= 0.3 is 0 Å². The minimum atomic E-state index is -3.99. The molecule has 2 aromatic carbocycles. The van der Waals surface area contributed by atoms with Crippen molar-refractivity contribution >= 4 is 50.6 Å². The highest BCUT2D eigenvalue weighted by Gasteiger charge is 2.19. The van der Waals surface area contributed by atoms with Gasteiger partial charge in [0.15, 0.2) is 5.84 Å². The predicted octanol–water partition coefficient (Wildman–Crippen LogP) is 4.09. The lowest BCUT2D eigenvalue weighted by molar-refractivity contribution is -0.111. The first-order valence-electron chi connectivity index (χ1n) is 7.70. The number of amidine groups is 1. The number of carbonyl (C=O) groups is 1. The molecule has 0 saturated carbocycles. The lowest BCUT2D eigenvalue weighted by Crippen LogP contribution is -2.11. The summed E-state index contributed by atoms with van der Waals surface area (Å²) in [4.78, 5) is 16.0. The number of nitrogens with zero attached hydrogens (tertiary/aromatic N) is 2. The number of Topliss-reactive ketones (excluding diaryl/α,β-unsaturated/α-hetero) is 1. The second-order valence-corrected chi connectivity index (χ2v) is 7.84. The maximum absolute atomic E-state index is 12.6. The van der Waals surface area contributed by atoms with Gasteiger partial charge in [-0.25, -0.2) is 4.99 Å². The number of sulfonamides is 1. The molecule has 0 heterocycles. The first-order valence-corrected chi connectivity index (χ1v) is 9.90. The Labute approximate surface area is 166 Å². The van der Waals surface area contributed by atoms with Gasteiger partial charge in [-0.3, -0.25) is 4.79 Å². The van der Waals surface area contributed by atoms with Crippen LogP contribution < -0.4 is 0 Å². The fourth-order valence-electron chi connectivity index (χ4n) is 2.22. The van der Waals surface area contributed by atoms with Crippen molar-refractivity contribution in [2.45, 2.75) is 4.90 Å². The molecular weight excluding hydrogens is 407 g/mol. The summed E-state index contributed by atoms with van der Waals surface area (Å²) in [5.41, 5.74) is 0.700. The predicted molar refractivity (Wildman–Crippen MR) is 107 cm³/mol. The third-order valence-electron chi connectivity index (χ3n) is 3.50. The number of allylic oxidation sites excluding steroid dienone is 4. The molecule has 5 nitrogen and oxygen atoms in total. The van der Waals surface area contributed by atoms with Crippen molar-refractivity contribution in [1.29, 1.82) is 0 Å². The molecule has 0 fully saturated rings. The molecule has 0 bridgehead atoms. The second-order valence-electron chi connectivity index (χ2n) is 5.42. The molecule has 0 aromatic heterocycles. The number of benzene rings is 2. The van der Waals surface area contributed by atoms with E-state index in [1.54, 1.807) is 48.5 Å². The van der Waals surface area contributed by atoms with Gasteiger partial charge in [0.25, 0.3) is 10.0 Å². The Hall–Kier alpha value is -2.54. The van der Waals surface area contributed by atoms with E-state index >= 15 is 0 Å². The van der Waals surface area contributed by atoms with Gasteiger partial charge in [-0.2, -0.15) is 8.42 Å². The molecule has 136 valence electrons. The van der Waals surface area contributed by atoms with Crippen LogP contribution in [-0.4, -0.2) is 25.7 Å². The topological polar surface area (TPSA) is 75.9 Å². The molecule has 0 spiro atoms. The summed E-state index contributed by atoms with van der Waals surface area (Å²) >= 11 is 11.7. The van der Waals surface area contributed by atoms with Crippen LogP contribution in [-0.2, 0) is 14.8 Å². The molecule has 1 aliphatic carbocycles. The van der Waals surface area contributed by atoms with Gasteiger partial charge in [0, 0.05) is 5.56 Å². The molecule has 0 radical (unpaired) electrons. The first-order chi connectivity index (χ1) is 12.9. The summed E-state index contributed by atoms with van der Waals surface area (Å²) in [6.45, 7) is 0. The van der Waals surface area contributed by atoms with Crippen LogP contribution in [0.2, 0.25) is 0 Å². The van der Waals surface area contributed by atoms with Gasteiger partial charge in [-0.15, -0.1) is 4.40 Å². The summed E-state index contributed by atoms with van der Waals surface area (Å²) in [5.74, 6) is -0.572. The maximum Gasteiger partial charge on any atom is 0.284 e. The third-order valence-corrected chi connectivity index (χ3v) is 5.34. The highest BCUT2D eigenvalue weighted by Crippen LogP contribution is 2.20. The third kappa shape index (κ3) is 4.60. The van der Waals surface area contributed by atoms with E-state index in [0.717, 1.165) is 0 Å². The van der Waals surface area contributed by atoms with Crippen molar-refractivity contribution < 1.29 is 13.2 Å². The van der Waals surface area contributed by atoms with E-state index in [1.165, 1.54) is 24.3 Å². The zero-order chi connectivity index (χ0) is 19.4. The van der Waals surface area contributed by atoms with Crippen molar-refractivity contribution in [2.75, 3.05) is 0 Å². The number of rotatable bonds is 3. The monoisotopic (exact) mass is 418 g/mol. The van der Waals surface area contributed by atoms with Crippen molar-refractivity contribution in [3.63, 3.8) is 0 Å². The minimum absolute atomic E-state index is 0.0413. The lowest BCUT2D eigenvalue weighted by atomic mass is 10.1. The molecule has 0 N–H and O–H groups in total. The SMILES string of the molecule is O=C1C(Cl)=CC(=N/C(=N\S(=O)(=O)c2ccccc2)c2ccccc2)C=C1Cl. The Morgan fingerprint density at radius 2 is 1.33 bits per heavy atom. The quantitative estimate of drug-likeness (QED) is 0.427. The van der Waals surface area contributed by atoms with Crippen molar-refractivity contribution in [1.82, 2.24) is 0 Å². The van der Waals surface area contributed by atoms with E-state index in [9.17, 15) is 13.2 Å². The average molecular weight is 419 g/mol. The van der Waals surface area contributed by atoms with Gasteiger partial charge in [-0.1, -0.05) is 71.7 Å². The summed E-state index contributed by atoms with van der Waals surface area (Å²) < 4.78 is 29.2. The first kappa shape index (κ1) is 19.2. The number of halogens is 2. The van der Waals surface area contributed by atoms with Crippen LogP contribution in [0.15, 0.2) is 97.2 Å². The van der Waals surface area contributed by atoms with Gasteiger partial charge < -0.3 is 0 Å². The molecule has 2 aromatic rings. The summed E-state index contributed by atoms with van der Waals surface area (Å²) in [6, 6.07) is 16.4. The average Bonchev–Trinajstić information content (AvgIpc) is 2.67. The number of aliphatic imine (C=N–C) groups is 1. The van der Waals surface area contributed by atoms with Crippen LogP contribution >= 0.6 is 23.2 Å². The lowest BCUT2D eigenvalue weighted by Gasteiger charge is -2.08. The van der Waals surface area contributed by atoms with Crippen LogP contribution in [0.3, 0.4) is 0 Å². The molecule has 1 aliphatic rings. The maximum atomic E-state index is 12.6. The highest BCUT2D eigenvalue weighted by molar-refractivity contribution is 7.90. The molecule has 8 heteroatoms. The van der Waals surface area contributed by atoms with Gasteiger partial charge in [0.05, 0.1) is 20.7 Å². The zero-order valence-electron chi connectivity index (χ0n) is 13.7. The van der Waals surface area contributed by atoms with E-state index < -0.39 is 15.8 Å². The van der Waals surface area contributed by atoms with E-state index in [0.29, 0.717) is 5.56 Å². The number of hydrogen-bond donors (Lipinski definition) is 0. The van der Waals surface area contributed by atoms with E-state index in [4.69, 9.17) is 23.2 Å². The second kappa shape index (κ2) is 8.00. The Balaban J connectivity index is 2.14. The summed E-state index contributed by atoms with van der Waals surface area (Å²) in [7, 11) is -3.99. The van der Waals surface area contributed by atoms with Crippen molar-refractivity contribution in [3.05, 3.63) is 88.4 Å². The zero-order valence-corrected chi connectivity index (χ0v) is 16.0. The van der Waals surface area contributed by atoms with E-state index in [2.05, 4.69) is 9.39 Å². The van der Waals surface area contributed by atoms with Crippen LogP contribution in [0.4, 0.5) is 0 Å². The Morgan fingerprint density at radius 1 is 0.815 bits per heavy atom. The largest absolute Gasteiger partial charge is 0.287 e. The Morgan fingerprint density at radius 3 is 1.89 bits per heavy atom. The van der Waals surface area contributed by atoms with Crippen LogP contribution in [0.1, 0.15) is 5.56 Å². The molecule has 0 unspecified atom stereocenters. The Kier molecular flexibility index (Phi) is 5.70. The molecular formula is C19H12Cl2N2O3S. The van der Waals surface area contributed by atoms with Gasteiger partial charge in [0.1, 0.15) is 0 Å². The van der Waals surface area contributed by atoms with E-state index in [-0.39, 0.29) is 26.5 Å². The molecule has 0 saturated heterocycles. The fourth-order valence-corrected chi connectivity index (χ4v) is 3.67. The molecule has 27 heavy (non-hydrogen) atoms. The van der Waals surface area contributed by atoms with E-state index in [1.807, 2.05) is 0 Å². The van der Waals surface area contributed by atoms with Crippen molar-refractivity contribution in [2.24, 2.45) is 9.39 Å². The smallest absolute Gasteiger partial charge is 0.284 e. The summed E-state index contributed by atoms with van der Waals surface area (Å²) in [6.07, 6.45) is 2.62. The number of ketones is 1. The standard InChI is InChI=1S/C19H12Cl2N2O3S/c20-16-11-14(12-17(21)18(16)24)22-19(13-7-3-1-4-8-13)23-27(25,26)15-9-5-2-6-10-15/h1-12H/b23-19-. The number of hydrogen-bond acceptors (Lipinski definition) is 3. The molecule has 0 aliphatic heterocycles. The highest BCUT2D eigenvalue weighted by atomic mass is 35.5. The van der Waals surface area contributed by atoms with Crippen LogP contribution in [0.5, 0.6) is 0 Å². The summed E-state index contributed by atoms with van der Waals surface area (Å²) in [5, 5.41) is -0.223. The molecule has 0 amide bonds. The Bertz CT molecular complexity index is 1080.